The maximum Gasteiger partial charge on any atom is 0.257 e. The number of halogens is 2. The third-order valence-electron chi connectivity index (χ3n) is 3.65. The van der Waals surface area contributed by atoms with Gasteiger partial charge in [-0.15, -0.1) is 0 Å². The number of aromatic hydroxyl groups is 1. The van der Waals surface area contributed by atoms with Gasteiger partial charge in [0.1, 0.15) is 0 Å². The fraction of sp³-hybridized carbons (Fsp3) is 0.286. The van der Waals surface area contributed by atoms with Crippen LogP contribution in [0, 0.1) is 5.82 Å². The van der Waals surface area contributed by atoms with E-state index in [0.29, 0.717) is 42.9 Å². The van der Waals surface area contributed by atoms with E-state index < -0.39 is 11.6 Å². The fourth-order valence-corrected chi connectivity index (χ4v) is 2.83. The van der Waals surface area contributed by atoms with Gasteiger partial charge in [0.2, 0.25) is 5.95 Å². The molecule has 0 fully saturated rings. The van der Waals surface area contributed by atoms with Crippen molar-refractivity contribution in [3.05, 3.63) is 50.1 Å². The Morgan fingerprint density at radius 2 is 2.27 bits per heavy atom. The second-order valence-corrected chi connectivity index (χ2v) is 5.65. The van der Waals surface area contributed by atoms with Gasteiger partial charge in [0.15, 0.2) is 11.6 Å². The first-order chi connectivity index (χ1) is 10.4. The summed E-state index contributed by atoms with van der Waals surface area (Å²) in [6, 6.07) is 2.75. The van der Waals surface area contributed by atoms with E-state index in [1.165, 1.54) is 12.1 Å². The molecule has 1 aliphatic rings. The lowest BCUT2D eigenvalue weighted by molar-refractivity contribution is 0.241. The number of aromatic nitrogens is 2. The molecule has 1 aromatic heterocycles. The van der Waals surface area contributed by atoms with Crippen molar-refractivity contribution in [2.75, 3.05) is 12.3 Å². The highest BCUT2D eigenvalue weighted by atomic mass is 35.5. The molecule has 8 heteroatoms. The Bertz CT molecular complexity index is 770. The molecule has 0 spiro atoms. The van der Waals surface area contributed by atoms with E-state index in [1.54, 1.807) is 0 Å². The minimum absolute atomic E-state index is 0.0281. The van der Waals surface area contributed by atoms with Crippen LogP contribution in [0.4, 0.5) is 10.3 Å². The first kappa shape index (κ1) is 14.8. The van der Waals surface area contributed by atoms with E-state index >= 15 is 0 Å². The molecule has 22 heavy (non-hydrogen) atoms. The number of nitrogens with two attached hydrogens (primary N) is 1. The molecule has 116 valence electrons. The smallest absolute Gasteiger partial charge is 0.257 e. The summed E-state index contributed by atoms with van der Waals surface area (Å²) in [5.41, 5.74) is 7.18. The number of rotatable bonds is 2. The maximum atomic E-state index is 13.5. The van der Waals surface area contributed by atoms with E-state index in [-0.39, 0.29) is 16.5 Å². The van der Waals surface area contributed by atoms with Gasteiger partial charge in [-0.1, -0.05) is 11.6 Å². The molecule has 2 aromatic rings. The minimum atomic E-state index is -0.757. The van der Waals surface area contributed by atoms with E-state index in [2.05, 4.69) is 9.97 Å². The van der Waals surface area contributed by atoms with Gasteiger partial charge in [-0.05, 0) is 17.7 Å². The number of hydrogen-bond donors (Lipinski definition) is 3. The quantitative estimate of drug-likeness (QED) is 0.776. The number of benzene rings is 1. The van der Waals surface area contributed by atoms with Crippen LogP contribution in [0.3, 0.4) is 0 Å². The summed E-state index contributed by atoms with van der Waals surface area (Å²) in [6.45, 7) is 1.49. The Hall–Kier alpha value is -2.12. The zero-order chi connectivity index (χ0) is 15.9. The van der Waals surface area contributed by atoms with Crippen LogP contribution in [0.15, 0.2) is 16.9 Å². The van der Waals surface area contributed by atoms with E-state index in [4.69, 9.17) is 17.3 Å². The molecule has 2 heterocycles. The molecule has 0 atom stereocenters. The summed E-state index contributed by atoms with van der Waals surface area (Å²) in [5.74, 6) is -1.19. The molecule has 1 aromatic carbocycles. The Morgan fingerprint density at radius 3 is 3.00 bits per heavy atom. The lowest BCUT2D eigenvalue weighted by Gasteiger charge is -2.27. The molecule has 0 amide bonds. The predicted octanol–water partition coefficient (Wildman–Crippen LogP) is 1.41. The number of nitrogens with one attached hydrogen (secondary N) is 1. The number of aromatic amines is 1. The summed E-state index contributed by atoms with van der Waals surface area (Å²) in [7, 11) is 0. The predicted molar refractivity (Wildman–Crippen MR) is 80.2 cm³/mol. The van der Waals surface area contributed by atoms with Crippen molar-refractivity contribution >= 4 is 17.5 Å². The molecule has 0 radical (unpaired) electrons. The summed E-state index contributed by atoms with van der Waals surface area (Å²) < 4.78 is 13.5. The van der Waals surface area contributed by atoms with Crippen molar-refractivity contribution < 1.29 is 9.50 Å². The third kappa shape index (κ3) is 2.77. The van der Waals surface area contributed by atoms with Crippen LogP contribution in [0.2, 0.25) is 5.02 Å². The number of anilines is 1. The number of H-pyrrole nitrogens is 1. The Balaban J connectivity index is 1.82. The molecular weight excluding hydrogens is 311 g/mol. The van der Waals surface area contributed by atoms with Crippen molar-refractivity contribution in [1.29, 1.82) is 0 Å². The molecule has 0 bridgehead atoms. The van der Waals surface area contributed by atoms with Crippen LogP contribution < -0.4 is 11.3 Å². The van der Waals surface area contributed by atoms with Crippen molar-refractivity contribution in [2.45, 2.75) is 19.5 Å². The van der Waals surface area contributed by atoms with Gasteiger partial charge in [0.25, 0.3) is 5.56 Å². The highest BCUT2D eigenvalue weighted by Gasteiger charge is 2.21. The van der Waals surface area contributed by atoms with Gasteiger partial charge < -0.3 is 10.8 Å². The number of hydrogen-bond acceptors (Lipinski definition) is 5. The Kier molecular flexibility index (Phi) is 3.76. The number of nitrogens with zero attached hydrogens (tertiary/aromatic N) is 2. The lowest BCUT2D eigenvalue weighted by atomic mass is 10.1. The summed E-state index contributed by atoms with van der Waals surface area (Å²) in [4.78, 5) is 20.5. The highest BCUT2D eigenvalue weighted by molar-refractivity contribution is 6.32. The van der Waals surface area contributed by atoms with E-state index in [1.807, 2.05) is 4.90 Å². The van der Waals surface area contributed by atoms with Crippen molar-refractivity contribution in [3.63, 3.8) is 0 Å². The average molecular weight is 325 g/mol. The molecule has 4 N–H and O–H groups in total. The van der Waals surface area contributed by atoms with Gasteiger partial charge in [-0.2, -0.15) is 0 Å². The van der Waals surface area contributed by atoms with E-state index in [0.717, 1.165) is 0 Å². The third-order valence-corrected chi connectivity index (χ3v) is 3.94. The SMILES string of the molecule is Nc1nc2c(c(=O)[nH]1)CN(Cc1cc(F)c(O)c(Cl)c1)CC2. The van der Waals surface area contributed by atoms with Crippen LogP contribution in [0.25, 0.3) is 0 Å². The minimum Gasteiger partial charge on any atom is -0.504 e. The summed E-state index contributed by atoms with van der Waals surface area (Å²) in [5, 5.41) is 9.31. The monoisotopic (exact) mass is 324 g/mol. The van der Waals surface area contributed by atoms with Crippen molar-refractivity contribution in [2.24, 2.45) is 0 Å². The maximum absolute atomic E-state index is 13.5. The lowest BCUT2D eigenvalue weighted by Crippen LogP contribution is -2.35. The summed E-state index contributed by atoms with van der Waals surface area (Å²) in [6.07, 6.45) is 0.595. The zero-order valence-electron chi connectivity index (χ0n) is 11.6. The summed E-state index contributed by atoms with van der Waals surface area (Å²) >= 11 is 5.77. The van der Waals surface area contributed by atoms with Crippen molar-refractivity contribution in [3.8, 4) is 5.75 Å². The Morgan fingerprint density at radius 1 is 1.50 bits per heavy atom. The Labute approximate surface area is 130 Å². The first-order valence-corrected chi connectivity index (χ1v) is 7.08. The molecule has 0 unspecified atom stereocenters. The largest absolute Gasteiger partial charge is 0.504 e. The van der Waals surface area contributed by atoms with Crippen LogP contribution in [-0.2, 0) is 19.5 Å². The molecular formula is C14H14ClFN4O2. The number of fused-ring (bicyclic) bond motifs is 1. The zero-order valence-corrected chi connectivity index (χ0v) is 12.3. The van der Waals surface area contributed by atoms with Crippen LogP contribution >= 0.6 is 11.6 Å². The number of phenols is 1. The number of nitrogen functional groups attached to an aromatic ring is 1. The second kappa shape index (κ2) is 5.58. The molecule has 6 nitrogen and oxygen atoms in total. The fourth-order valence-electron chi connectivity index (χ4n) is 2.60. The average Bonchev–Trinajstić information content (AvgIpc) is 2.45. The van der Waals surface area contributed by atoms with Gasteiger partial charge in [0, 0.05) is 26.1 Å². The van der Waals surface area contributed by atoms with Gasteiger partial charge in [-0.3, -0.25) is 14.7 Å². The van der Waals surface area contributed by atoms with E-state index in [9.17, 15) is 14.3 Å². The standard InChI is InChI=1S/C14H14ClFN4O2/c15-9-3-7(4-10(16)12(9)21)5-20-2-1-11-8(6-20)13(22)19-14(17)18-11/h3-4,21H,1-2,5-6H2,(H3,17,18,19,22). The molecule has 3 rings (SSSR count). The molecule has 0 saturated heterocycles. The van der Waals surface area contributed by atoms with Crippen LogP contribution in [-0.4, -0.2) is 26.5 Å². The normalized spacial score (nSPS) is 14.8. The van der Waals surface area contributed by atoms with Gasteiger partial charge in [-0.25, -0.2) is 9.37 Å². The molecule has 0 aliphatic carbocycles. The molecule has 1 aliphatic heterocycles. The van der Waals surface area contributed by atoms with Gasteiger partial charge >= 0.3 is 0 Å². The second-order valence-electron chi connectivity index (χ2n) is 5.25. The van der Waals surface area contributed by atoms with Crippen LogP contribution in [0.5, 0.6) is 5.75 Å². The topological polar surface area (TPSA) is 95.2 Å². The highest BCUT2D eigenvalue weighted by Crippen LogP contribution is 2.28. The number of phenolic OH excluding ortho intramolecular Hbond substituents is 1. The van der Waals surface area contributed by atoms with Gasteiger partial charge in [0.05, 0.1) is 16.3 Å². The first-order valence-electron chi connectivity index (χ1n) is 6.71. The van der Waals surface area contributed by atoms with Crippen LogP contribution in [0.1, 0.15) is 16.8 Å². The van der Waals surface area contributed by atoms with Crippen molar-refractivity contribution in [1.82, 2.24) is 14.9 Å². The molecule has 0 saturated carbocycles.